The lowest BCUT2D eigenvalue weighted by atomic mass is 9.81. The minimum atomic E-state index is -1.13. The molecule has 0 unspecified atom stereocenters. The number of ketones is 1. The third-order valence-electron chi connectivity index (χ3n) is 7.76. The smallest absolute Gasteiger partial charge is 0.273 e. The topological polar surface area (TPSA) is 118 Å². The molecule has 0 N–H and O–H groups in total. The fourth-order valence-corrected chi connectivity index (χ4v) is 7.91. The summed E-state index contributed by atoms with van der Waals surface area (Å²) < 4.78 is 0. The molecule has 1 saturated heterocycles. The van der Waals surface area contributed by atoms with Crippen LogP contribution in [0.4, 0.5) is 5.69 Å². The molecule has 1 aliphatic heterocycles. The molecule has 37 heavy (non-hydrogen) atoms. The average molecular weight is 633 g/mol. The number of nitro benzene ring substituents is 1. The number of halogens is 2. The van der Waals surface area contributed by atoms with Crippen molar-refractivity contribution in [3.8, 4) is 0 Å². The number of nitro groups is 1. The number of hydrogen-bond donors (Lipinski definition) is 0. The summed E-state index contributed by atoms with van der Waals surface area (Å²) in [5, 5.41) is 13.0. The monoisotopic (exact) mass is 631 g/mol. The van der Waals surface area contributed by atoms with Crippen LogP contribution in [0.1, 0.15) is 40.5 Å². The molecular formula is C26H23Br2N3O6. The summed E-state index contributed by atoms with van der Waals surface area (Å²) in [5.41, 5.74) is 0.167. The summed E-state index contributed by atoms with van der Waals surface area (Å²) >= 11 is 7.33. The van der Waals surface area contributed by atoms with E-state index in [1.807, 2.05) is 0 Å². The van der Waals surface area contributed by atoms with Crippen LogP contribution >= 0.6 is 31.9 Å². The molecule has 1 heterocycles. The second kappa shape index (κ2) is 9.75. The van der Waals surface area contributed by atoms with Gasteiger partial charge in [-0.25, -0.2) is 5.01 Å². The normalized spacial score (nSPS) is 28.8. The lowest BCUT2D eigenvalue weighted by Gasteiger charge is -2.36. The number of carbonyl (C=O) groups excluding carboxylic acids is 4. The molecule has 3 fully saturated rings. The number of hydrazine groups is 1. The molecule has 0 spiro atoms. The second-order valence-electron chi connectivity index (χ2n) is 9.60. The van der Waals surface area contributed by atoms with E-state index in [9.17, 15) is 29.3 Å². The Morgan fingerprint density at radius 1 is 0.973 bits per heavy atom. The molecule has 2 aromatic rings. The lowest BCUT2D eigenvalue weighted by Crippen LogP contribution is -2.57. The molecule has 0 radical (unpaired) electrons. The highest BCUT2D eigenvalue weighted by Gasteiger charge is 2.68. The quantitative estimate of drug-likeness (QED) is 0.147. The first-order chi connectivity index (χ1) is 17.7. The minimum absolute atomic E-state index is 0.0159. The first-order valence-electron chi connectivity index (χ1n) is 12.0. The lowest BCUT2D eigenvalue weighted by molar-refractivity contribution is -0.384. The van der Waals surface area contributed by atoms with Crippen molar-refractivity contribution in [3.05, 3.63) is 75.8 Å². The van der Waals surface area contributed by atoms with Gasteiger partial charge >= 0.3 is 0 Å². The maximum absolute atomic E-state index is 13.9. The van der Waals surface area contributed by atoms with E-state index >= 15 is 0 Å². The third-order valence-corrected chi connectivity index (χ3v) is 11.0. The predicted octanol–water partition coefficient (Wildman–Crippen LogP) is 4.39. The molecule has 9 nitrogen and oxygen atoms in total. The Hall–Kier alpha value is -2.92. The summed E-state index contributed by atoms with van der Waals surface area (Å²) in [6.07, 6.45) is 0.872. The van der Waals surface area contributed by atoms with Crippen LogP contribution in [0.3, 0.4) is 0 Å². The first kappa shape index (κ1) is 25.7. The summed E-state index contributed by atoms with van der Waals surface area (Å²) in [7, 11) is 0. The van der Waals surface area contributed by atoms with Gasteiger partial charge < -0.3 is 0 Å². The number of nitrogens with zero attached hydrogens (tertiary/aromatic N) is 3. The van der Waals surface area contributed by atoms with Crippen molar-refractivity contribution >= 4 is 61.1 Å². The summed E-state index contributed by atoms with van der Waals surface area (Å²) in [6.45, 7) is 1.71. The molecule has 2 aromatic carbocycles. The molecule has 2 bridgehead atoms. The highest BCUT2D eigenvalue weighted by Crippen LogP contribution is 2.60. The number of Topliss-reactive ketones (excluding diaryl/α,β-unsaturated/α-hetero) is 1. The van der Waals surface area contributed by atoms with E-state index in [0.29, 0.717) is 5.56 Å². The van der Waals surface area contributed by atoms with Crippen molar-refractivity contribution in [3.63, 3.8) is 0 Å². The Bertz CT molecular complexity index is 1250. The molecule has 192 valence electrons. The standard InChI is InChI=1S/C26H23Br2N3O6/c1-2-18(23(32)13-6-4-3-5-7-13)29(24(33)14-8-10-15(11-9-14)31(36)37)30-25(34)19-16-12-17(20(19)26(30)35)22(28)21(16)27/h3-11,16-22H,2,12H2,1H3/t16-,17-,18-,19-,20-,21-,22+/m1/s1. The summed E-state index contributed by atoms with van der Waals surface area (Å²) in [4.78, 5) is 65.7. The van der Waals surface area contributed by atoms with E-state index in [4.69, 9.17) is 0 Å². The number of benzene rings is 2. The van der Waals surface area contributed by atoms with Gasteiger partial charge in [-0.2, -0.15) is 5.01 Å². The van der Waals surface area contributed by atoms with Gasteiger partial charge in [0.1, 0.15) is 6.04 Å². The molecule has 5 rings (SSSR count). The van der Waals surface area contributed by atoms with Crippen molar-refractivity contribution in [2.24, 2.45) is 23.7 Å². The molecule has 2 saturated carbocycles. The maximum atomic E-state index is 13.9. The van der Waals surface area contributed by atoms with Crippen LogP contribution in [-0.2, 0) is 9.59 Å². The highest BCUT2D eigenvalue weighted by atomic mass is 79.9. The van der Waals surface area contributed by atoms with E-state index in [0.717, 1.165) is 16.4 Å². The Labute approximate surface area is 229 Å². The van der Waals surface area contributed by atoms with Crippen LogP contribution in [0.15, 0.2) is 54.6 Å². The van der Waals surface area contributed by atoms with Crippen molar-refractivity contribution in [1.29, 1.82) is 0 Å². The van der Waals surface area contributed by atoms with Gasteiger partial charge in [-0.1, -0.05) is 69.1 Å². The number of rotatable bonds is 7. The van der Waals surface area contributed by atoms with Crippen LogP contribution in [0.5, 0.6) is 0 Å². The van der Waals surface area contributed by atoms with Crippen LogP contribution in [0.2, 0.25) is 0 Å². The van der Waals surface area contributed by atoms with Crippen LogP contribution in [0, 0.1) is 33.8 Å². The fraction of sp³-hybridized carbons (Fsp3) is 0.385. The molecule has 7 atom stereocenters. The molecule has 2 aliphatic carbocycles. The van der Waals surface area contributed by atoms with Crippen LogP contribution in [-0.4, -0.2) is 54.1 Å². The van der Waals surface area contributed by atoms with Gasteiger partial charge in [0, 0.05) is 32.9 Å². The van der Waals surface area contributed by atoms with Crippen LogP contribution in [0.25, 0.3) is 0 Å². The van der Waals surface area contributed by atoms with E-state index in [1.165, 1.54) is 24.3 Å². The first-order valence-corrected chi connectivity index (χ1v) is 13.8. The van der Waals surface area contributed by atoms with Gasteiger partial charge in [-0.15, -0.1) is 0 Å². The highest BCUT2D eigenvalue weighted by molar-refractivity contribution is 9.12. The zero-order valence-electron chi connectivity index (χ0n) is 19.7. The minimum Gasteiger partial charge on any atom is -0.292 e. The van der Waals surface area contributed by atoms with Gasteiger partial charge in [0.25, 0.3) is 23.4 Å². The van der Waals surface area contributed by atoms with E-state index in [-0.39, 0.29) is 39.2 Å². The molecule has 3 aliphatic rings. The largest absolute Gasteiger partial charge is 0.292 e. The Balaban J connectivity index is 1.57. The Morgan fingerprint density at radius 2 is 1.51 bits per heavy atom. The molecule has 11 heteroatoms. The number of hydrogen-bond acceptors (Lipinski definition) is 6. The van der Waals surface area contributed by atoms with Gasteiger partial charge in [-0.3, -0.25) is 29.3 Å². The van der Waals surface area contributed by atoms with Crippen molar-refractivity contribution < 1.29 is 24.1 Å². The Kier molecular flexibility index (Phi) is 6.78. The molecule has 3 amide bonds. The number of carbonyl (C=O) groups is 4. The maximum Gasteiger partial charge on any atom is 0.273 e. The number of alkyl halides is 2. The summed E-state index contributed by atoms with van der Waals surface area (Å²) in [5.74, 6) is -3.41. The second-order valence-corrected chi connectivity index (χ2v) is 11.7. The van der Waals surface area contributed by atoms with E-state index < -0.39 is 46.3 Å². The van der Waals surface area contributed by atoms with Crippen molar-refractivity contribution in [1.82, 2.24) is 10.0 Å². The third kappa shape index (κ3) is 4.03. The van der Waals surface area contributed by atoms with Gasteiger partial charge in [0.15, 0.2) is 5.78 Å². The summed E-state index contributed by atoms with van der Waals surface area (Å²) in [6, 6.07) is 12.2. The van der Waals surface area contributed by atoms with Gasteiger partial charge in [0.2, 0.25) is 0 Å². The number of amides is 3. The van der Waals surface area contributed by atoms with Crippen LogP contribution < -0.4 is 0 Å². The van der Waals surface area contributed by atoms with Crippen molar-refractivity contribution in [2.45, 2.75) is 35.5 Å². The number of non-ortho nitro benzene ring substituents is 1. The van der Waals surface area contributed by atoms with Gasteiger partial charge in [0.05, 0.1) is 16.8 Å². The predicted molar refractivity (Wildman–Crippen MR) is 140 cm³/mol. The zero-order chi connectivity index (χ0) is 26.6. The Morgan fingerprint density at radius 3 is 2.00 bits per heavy atom. The zero-order valence-corrected chi connectivity index (χ0v) is 22.9. The SMILES string of the molecule is CC[C@H](C(=O)c1ccccc1)N(C(=O)c1ccc([N+](=O)[O-])cc1)N1C(=O)[C@@H]2[C@H]3C[C@@H]([C@@H](Br)[C@H]3Br)[C@H]2C1=O. The van der Waals surface area contributed by atoms with E-state index in [2.05, 4.69) is 31.9 Å². The van der Waals surface area contributed by atoms with Crippen molar-refractivity contribution in [2.75, 3.05) is 0 Å². The number of fused-ring (bicyclic) bond motifs is 5. The van der Waals surface area contributed by atoms with Gasteiger partial charge in [-0.05, 0) is 36.8 Å². The average Bonchev–Trinajstić information content (AvgIpc) is 3.52. The fourth-order valence-electron chi connectivity index (χ4n) is 6.04. The van der Waals surface area contributed by atoms with E-state index in [1.54, 1.807) is 37.3 Å². The number of imide groups is 1. The molecule has 0 aromatic heterocycles. The molecular weight excluding hydrogens is 610 g/mol.